The summed E-state index contributed by atoms with van der Waals surface area (Å²) in [7, 11) is 0. The number of hydrogen-bond acceptors (Lipinski definition) is 6. The molecule has 0 aliphatic carbocycles. The molecule has 6 heteroatoms. The van der Waals surface area contributed by atoms with E-state index in [4.69, 9.17) is 18.9 Å². The molecule has 0 amide bonds. The molecule has 190 valence electrons. The topological polar surface area (TPSA) is 71.1 Å². The highest BCUT2D eigenvalue weighted by molar-refractivity contribution is 6.07. The zero-order valence-corrected chi connectivity index (χ0v) is 21.6. The number of ether oxygens (including phenoxy) is 4. The van der Waals surface area contributed by atoms with Crippen molar-refractivity contribution >= 4 is 17.8 Å². The molecule has 0 aliphatic heterocycles. The first-order chi connectivity index (χ1) is 16.8. The lowest BCUT2D eigenvalue weighted by molar-refractivity contribution is -0.159. The average molecular weight is 483 g/mol. The van der Waals surface area contributed by atoms with E-state index in [1.165, 1.54) is 6.08 Å². The van der Waals surface area contributed by atoms with Crippen LogP contribution < -0.4 is 14.2 Å². The first kappa shape index (κ1) is 28.0. The van der Waals surface area contributed by atoms with Crippen LogP contribution in [0.15, 0.2) is 48.5 Å². The van der Waals surface area contributed by atoms with Crippen molar-refractivity contribution in [1.82, 2.24) is 0 Å². The van der Waals surface area contributed by atoms with Crippen LogP contribution in [0.3, 0.4) is 0 Å². The quantitative estimate of drug-likeness (QED) is 0.0962. The minimum absolute atomic E-state index is 0.154. The second-order valence-electron chi connectivity index (χ2n) is 9.24. The second kappa shape index (κ2) is 14.2. The molecule has 0 radical (unpaired) electrons. The molecule has 2 aromatic rings. The van der Waals surface area contributed by atoms with E-state index in [-0.39, 0.29) is 18.5 Å². The van der Waals surface area contributed by atoms with Gasteiger partial charge in [-0.15, -0.1) is 0 Å². The molecule has 0 saturated carbocycles. The Hall–Kier alpha value is -3.28. The van der Waals surface area contributed by atoms with Crippen LogP contribution in [-0.4, -0.2) is 31.8 Å². The van der Waals surface area contributed by atoms with E-state index >= 15 is 0 Å². The maximum atomic E-state index is 12.8. The second-order valence-corrected chi connectivity index (χ2v) is 9.24. The zero-order chi connectivity index (χ0) is 25.7. The van der Waals surface area contributed by atoms with Crippen LogP contribution in [0.2, 0.25) is 0 Å². The Morgan fingerprint density at radius 2 is 1.40 bits per heavy atom. The summed E-state index contributed by atoms with van der Waals surface area (Å²) in [5, 5.41) is 0. The summed E-state index contributed by atoms with van der Waals surface area (Å²) in [6, 6.07) is 12.4. The van der Waals surface area contributed by atoms with Gasteiger partial charge in [-0.2, -0.15) is 0 Å². The Morgan fingerprint density at radius 1 is 0.829 bits per heavy atom. The highest BCUT2D eigenvalue weighted by Crippen LogP contribution is 2.31. The van der Waals surface area contributed by atoms with Gasteiger partial charge in [0.05, 0.1) is 24.2 Å². The minimum Gasteiger partial charge on any atom is -0.493 e. The third-order valence-corrected chi connectivity index (χ3v) is 5.11. The molecule has 0 N–H and O–H groups in total. The van der Waals surface area contributed by atoms with Crippen LogP contribution in [0, 0.1) is 5.41 Å². The van der Waals surface area contributed by atoms with Crippen LogP contribution in [0.4, 0.5) is 0 Å². The summed E-state index contributed by atoms with van der Waals surface area (Å²) >= 11 is 0. The molecule has 35 heavy (non-hydrogen) atoms. The predicted octanol–water partition coefficient (Wildman–Crippen LogP) is 6.87. The standard InChI is InChI=1S/C29H38O6/c1-6-8-19-32-26-11-10-12-27(33-20-9-7-2)24(26)17-18-25(30)22-13-15-23(16-14-22)34-21-35-28(31)29(3,4)5/h10-18H,6-9,19-21H2,1-5H3/b18-17+. The van der Waals surface area contributed by atoms with E-state index in [9.17, 15) is 9.59 Å². The van der Waals surface area contributed by atoms with Crippen LogP contribution in [0.1, 0.15) is 76.2 Å². The van der Waals surface area contributed by atoms with Gasteiger partial charge in [0, 0.05) is 5.56 Å². The normalized spacial score (nSPS) is 11.3. The van der Waals surface area contributed by atoms with Crippen molar-refractivity contribution in [2.24, 2.45) is 5.41 Å². The summed E-state index contributed by atoms with van der Waals surface area (Å²) in [5.41, 5.74) is 0.679. The number of esters is 1. The first-order valence-electron chi connectivity index (χ1n) is 12.3. The number of ketones is 1. The molecule has 0 heterocycles. The van der Waals surface area contributed by atoms with Gasteiger partial charge in [-0.1, -0.05) is 32.8 Å². The molecule has 0 spiro atoms. The number of allylic oxidation sites excluding steroid dienone is 1. The highest BCUT2D eigenvalue weighted by Gasteiger charge is 2.23. The van der Waals surface area contributed by atoms with E-state index < -0.39 is 5.41 Å². The number of carbonyl (C=O) groups is 2. The van der Waals surface area contributed by atoms with Crippen molar-refractivity contribution in [2.75, 3.05) is 20.0 Å². The fourth-order valence-electron chi connectivity index (χ4n) is 2.93. The molecule has 0 aromatic heterocycles. The molecule has 0 bridgehead atoms. The Morgan fingerprint density at radius 3 is 1.91 bits per heavy atom. The number of hydrogen-bond donors (Lipinski definition) is 0. The Labute approximate surface area is 209 Å². The van der Waals surface area contributed by atoms with Gasteiger partial charge in [-0.3, -0.25) is 9.59 Å². The van der Waals surface area contributed by atoms with E-state index in [0.29, 0.717) is 36.0 Å². The smallest absolute Gasteiger partial charge is 0.314 e. The lowest BCUT2D eigenvalue weighted by Gasteiger charge is -2.16. The Bertz CT molecular complexity index is 941. The van der Waals surface area contributed by atoms with Crippen LogP contribution >= 0.6 is 0 Å². The number of benzene rings is 2. The fraction of sp³-hybridized carbons (Fsp3) is 0.448. The third kappa shape index (κ3) is 9.47. The molecular formula is C29H38O6. The number of carbonyl (C=O) groups excluding carboxylic acids is 2. The van der Waals surface area contributed by atoms with E-state index in [2.05, 4.69) is 13.8 Å². The number of rotatable bonds is 14. The predicted molar refractivity (Wildman–Crippen MR) is 138 cm³/mol. The SMILES string of the molecule is CCCCOc1cccc(OCCCC)c1/C=C/C(=O)c1ccc(OCOC(=O)C(C)(C)C)cc1. The first-order valence-corrected chi connectivity index (χ1v) is 12.3. The third-order valence-electron chi connectivity index (χ3n) is 5.11. The molecule has 0 unspecified atom stereocenters. The average Bonchev–Trinajstić information content (AvgIpc) is 2.83. The van der Waals surface area contributed by atoms with Gasteiger partial charge in [0.25, 0.3) is 0 Å². The van der Waals surface area contributed by atoms with E-state index in [1.807, 2.05) is 18.2 Å². The van der Waals surface area contributed by atoms with Gasteiger partial charge in [0.1, 0.15) is 17.2 Å². The summed E-state index contributed by atoms with van der Waals surface area (Å²) in [4.78, 5) is 24.6. The summed E-state index contributed by atoms with van der Waals surface area (Å²) in [6.07, 6.45) is 7.25. The maximum Gasteiger partial charge on any atom is 0.314 e. The van der Waals surface area contributed by atoms with Gasteiger partial charge < -0.3 is 18.9 Å². The van der Waals surface area contributed by atoms with Crippen LogP contribution in [0.5, 0.6) is 17.2 Å². The van der Waals surface area contributed by atoms with Crippen molar-refractivity contribution in [2.45, 2.75) is 60.3 Å². The van der Waals surface area contributed by atoms with Gasteiger partial charge in [0.15, 0.2) is 5.78 Å². The molecule has 6 nitrogen and oxygen atoms in total. The molecule has 0 aliphatic rings. The van der Waals surface area contributed by atoms with Crippen molar-refractivity contribution in [3.8, 4) is 17.2 Å². The highest BCUT2D eigenvalue weighted by atomic mass is 16.7. The molecule has 0 atom stereocenters. The van der Waals surface area contributed by atoms with Crippen molar-refractivity contribution in [3.63, 3.8) is 0 Å². The lowest BCUT2D eigenvalue weighted by atomic mass is 9.98. The molecular weight excluding hydrogens is 444 g/mol. The minimum atomic E-state index is -0.591. The summed E-state index contributed by atoms with van der Waals surface area (Å²) < 4.78 is 22.5. The maximum absolute atomic E-state index is 12.8. The summed E-state index contributed by atoms with van der Waals surface area (Å²) in [6.45, 7) is 10.6. The van der Waals surface area contributed by atoms with Gasteiger partial charge in [-0.25, -0.2) is 0 Å². The largest absolute Gasteiger partial charge is 0.493 e. The number of unbranched alkanes of at least 4 members (excludes halogenated alkanes) is 2. The van der Waals surface area contributed by atoms with Crippen LogP contribution in [-0.2, 0) is 9.53 Å². The van der Waals surface area contributed by atoms with Gasteiger partial charge in [0.2, 0.25) is 6.79 Å². The van der Waals surface area contributed by atoms with Gasteiger partial charge >= 0.3 is 5.97 Å². The Kier molecular flexibility index (Phi) is 11.3. The van der Waals surface area contributed by atoms with Crippen LogP contribution in [0.25, 0.3) is 6.08 Å². The van der Waals surface area contributed by atoms with E-state index in [0.717, 1.165) is 31.2 Å². The molecule has 2 aromatic carbocycles. The van der Waals surface area contributed by atoms with E-state index in [1.54, 1.807) is 51.1 Å². The fourth-order valence-corrected chi connectivity index (χ4v) is 2.93. The molecule has 2 rings (SSSR count). The van der Waals surface area contributed by atoms with Crippen molar-refractivity contribution in [1.29, 1.82) is 0 Å². The molecule has 0 saturated heterocycles. The zero-order valence-electron chi connectivity index (χ0n) is 21.6. The molecule has 0 fully saturated rings. The van der Waals surface area contributed by atoms with Gasteiger partial charge in [-0.05, 0) is 82.2 Å². The van der Waals surface area contributed by atoms with Crippen molar-refractivity contribution < 1.29 is 28.5 Å². The summed E-state index contributed by atoms with van der Waals surface area (Å²) in [5.74, 6) is 1.41. The van der Waals surface area contributed by atoms with Crippen molar-refractivity contribution in [3.05, 3.63) is 59.7 Å². The Balaban J connectivity index is 2.08. The lowest BCUT2D eigenvalue weighted by Crippen LogP contribution is -2.24. The monoisotopic (exact) mass is 482 g/mol.